The normalized spacial score (nSPS) is 19.4. The molecule has 1 N–H and O–H groups in total. The van der Waals surface area contributed by atoms with Gasteiger partial charge in [0.1, 0.15) is 28.7 Å². The molecular weight excluding hydrogens is 359 g/mol. The monoisotopic (exact) mass is 378 g/mol. The zero-order chi connectivity index (χ0) is 18.5. The lowest BCUT2D eigenvalue weighted by atomic mass is 9.81. The summed E-state index contributed by atoms with van der Waals surface area (Å²) in [5.74, 6) is 2.95. The molecule has 2 aliphatic rings. The van der Waals surface area contributed by atoms with Crippen LogP contribution in [0.1, 0.15) is 36.5 Å². The summed E-state index contributed by atoms with van der Waals surface area (Å²) in [6.45, 7) is 4.16. The van der Waals surface area contributed by atoms with Crippen molar-refractivity contribution in [3.63, 3.8) is 0 Å². The van der Waals surface area contributed by atoms with Crippen LogP contribution in [0, 0.1) is 0 Å². The van der Waals surface area contributed by atoms with Crippen molar-refractivity contribution in [3.8, 4) is 28.7 Å². The molecule has 4 nitrogen and oxygen atoms in total. The van der Waals surface area contributed by atoms with E-state index in [1.54, 1.807) is 6.07 Å². The number of phenols is 1. The van der Waals surface area contributed by atoms with E-state index in [1.165, 1.54) is 0 Å². The van der Waals surface area contributed by atoms with Gasteiger partial charge in [-0.05, 0) is 30.3 Å². The van der Waals surface area contributed by atoms with E-state index in [9.17, 15) is 5.11 Å². The van der Waals surface area contributed by atoms with Crippen LogP contribution in [0.25, 0.3) is 0 Å². The van der Waals surface area contributed by atoms with Crippen LogP contribution in [0.2, 0.25) is 0 Å². The van der Waals surface area contributed by atoms with Crippen molar-refractivity contribution in [3.05, 3.63) is 77.4 Å². The molecule has 3 aromatic carbocycles. The van der Waals surface area contributed by atoms with Gasteiger partial charge in [-0.1, -0.05) is 44.2 Å². The first-order chi connectivity index (χ1) is 13.1. The first kappa shape index (κ1) is 16.5. The van der Waals surface area contributed by atoms with E-state index < -0.39 is 8.38 Å². The summed E-state index contributed by atoms with van der Waals surface area (Å²) in [5, 5.41) is 10.8. The highest BCUT2D eigenvalue weighted by atomic mass is 31.2. The molecule has 0 amide bonds. The van der Waals surface area contributed by atoms with Crippen molar-refractivity contribution in [2.75, 3.05) is 0 Å². The Kier molecular flexibility index (Phi) is 3.76. The molecule has 3 aromatic rings. The highest BCUT2D eigenvalue weighted by molar-refractivity contribution is 7.48. The average Bonchev–Trinajstić information content (AvgIpc) is 2.65. The molecule has 0 bridgehead atoms. The molecule has 0 radical (unpaired) electrons. The third-order valence-electron chi connectivity index (χ3n) is 4.89. The molecule has 27 heavy (non-hydrogen) atoms. The Balaban J connectivity index is 1.84. The van der Waals surface area contributed by atoms with Crippen molar-refractivity contribution in [1.82, 2.24) is 0 Å². The van der Waals surface area contributed by atoms with Crippen LogP contribution in [0.5, 0.6) is 28.7 Å². The summed E-state index contributed by atoms with van der Waals surface area (Å²) in [6.07, 6.45) is 0. The fourth-order valence-corrected chi connectivity index (χ4v) is 4.85. The summed E-state index contributed by atoms with van der Waals surface area (Å²) in [6, 6.07) is 19.2. The molecule has 2 unspecified atom stereocenters. The van der Waals surface area contributed by atoms with Crippen LogP contribution in [0.15, 0.2) is 60.7 Å². The van der Waals surface area contributed by atoms with Gasteiger partial charge in [0.2, 0.25) is 0 Å². The predicted molar refractivity (Wildman–Crippen MR) is 105 cm³/mol. The maximum atomic E-state index is 10.8. The number of ether oxygens (including phenoxy) is 1. The largest absolute Gasteiger partial charge is 0.507 e. The standard InChI is InChI=1S/C22H19O4P/c1-13(2)27-25-18-11-5-8-15(23)21(18)20-14-7-3-4-9-16(14)24-17-10-6-12-19(26-27)22(17)20/h3-13,20,23H,1-2H3. The SMILES string of the molecule is CC(C)P1Oc2cccc(O)c2C2c3ccccc3Oc3cccc(c32)O1. The van der Waals surface area contributed by atoms with Gasteiger partial charge in [-0.3, -0.25) is 0 Å². The highest BCUT2D eigenvalue weighted by Gasteiger charge is 2.38. The Hall–Kier alpha value is -2.71. The molecule has 5 rings (SSSR count). The smallest absolute Gasteiger partial charge is 0.293 e. The Morgan fingerprint density at radius 3 is 2.19 bits per heavy atom. The second kappa shape index (κ2) is 6.17. The van der Waals surface area contributed by atoms with Crippen molar-refractivity contribution in [1.29, 1.82) is 0 Å². The highest BCUT2D eigenvalue weighted by Crippen LogP contribution is 2.59. The van der Waals surface area contributed by atoms with Crippen LogP contribution in [-0.4, -0.2) is 10.8 Å². The molecule has 2 atom stereocenters. The molecule has 5 heteroatoms. The summed E-state index contributed by atoms with van der Waals surface area (Å²) in [7, 11) is -1.21. The zero-order valence-corrected chi connectivity index (χ0v) is 15.9. The molecule has 0 spiro atoms. The van der Waals surface area contributed by atoms with Gasteiger partial charge in [0.25, 0.3) is 8.38 Å². The minimum Gasteiger partial charge on any atom is -0.507 e. The van der Waals surface area contributed by atoms with Gasteiger partial charge in [-0.15, -0.1) is 0 Å². The van der Waals surface area contributed by atoms with E-state index in [-0.39, 0.29) is 17.3 Å². The van der Waals surface area contributed by atoms with Gasteiger partial charge in [0, 0.05) is 22.3 Å². The lowest BCUT2D eigenvalue weighted by Gasteiger charge is -2.35. The van der Waals surface area contributed by atoms with Crippen molar-refractivity contribution in [2.24, 2.45) is 0 Å². The van der Waals surface area contributed by atoms with Crippen molar-refractivity contribution < 1.29 is 18.9 Å². The molecule has 0 aliphatic carbocycles. The fourth-order valence-electron chi connectivity index (χ4n) is 3.69. The molecule has 2 aliphatic heterocycles. The van der Waals surface area contributed by atoms with Crippen molar-refractivity contribution in [2.45, 2.75) is 25.4 Å². The number of rotatable bonds is 1. The molecule has 0 saturated carbocycles. The summed E-state index contributed by atoms with van der Waals surface area (Å²) in [4.78, 5) is 0. The summed E-state index contributed by atoms with van der Waals surface area (Å²) >= 11 is 0. The Morgan fingerprint density at radius 1 is 0.778 bits per heavy atom. The number of benzene rings is 3. The number of aromatic hydroxyl groups is 1. The van der Waals surface area contributed by atoms with Gasteiger partial charge in [0.15, 0.2) is 0 Å². The Morgan fingerprint density at radius 2 is 1.41 bits per heavy atom. The van der Waals surface area contributed by atoms with Gasteiger partial charge in [0.05, 0.1) is 5.92 Å². The first-order valence-electron chi connectivity index (χ1n) is 9.00. The maximum Gasteiger partial charge on any atom is 0.293 e. The van der Waals surface area contributed by atoms with E-state index >= 15 is 0 Å². The Bertz CT molecular complexity index is 1010. The third kappa shape index (κ3) is 2.55. The van der Waals surface area contributed by atoms with Gasteiger partial charge < -0.3 is 18.9 Å². The van der Waals surface area contributed by atoms with Crippen LogP contribution >= 0.6 is 8.38 Å². The van der Waals surface area contributed by atoms with E-state index in [0.717, 1.165) is 33.9 Å². The van der Waals surface area contributed by atoms with Gasteiger partial charge >= 0.3 is 0 Å². The third-order valence-corrected chi connectivity index (χ3v) is 6.49. The van der Waals surface area contributed by atoms with Gasteiger partial charge in [-0.2, -0.15) is 0 Å². The molecular formula is C22H19O4P. The average molecular weight is 378 g/mol. The molecule has 136 valence electrons. The minimum atomic E-state index is -1.21. The summed E-state index contributed by atoms with van der Waals surface area (Å²) < 4.78 is 18.8. The minimum absolute atomic E-state index is 0.194. The van der Waals surface area contributed by atoms with E-state index in [1.807, 2.05) is 54.6 Å². The van der Waals surface area contributed by atoms with Crippen LogP contribution in [0.3, 0.4) is 0 Å². The lowest BCUT2D eigenvalue weighted by Crippen LogP contribution is -2.17. The van der Waals surface area contributed by atoms with Crippen LogP contribution in [0.4, 0.5) is 0 Å². The number of fused-ring (bicyclic) bond motifs is 4. The van der Waals surface area contributed by atoms with Crippen LogP contribution in [-0.2, 0) is 0 Å². The molecule has 0 fully saturated rings. The molecule has 2 heterocycles. The molecule has 0 aromatic heterocycles. The Labute approximate surface area is 159 Å². The number of para-hydroxylation sites is 1. The zero-order valence-electron chi connectivity index (χ0n) is 15.0. The fraction of sp³-hybridized carbons (Fsp3) is 0.182. The second-order valence-corrected chi connectivity index (χ2v) is 8.96. The van der Waals surface area contributed by atoms with Gasteiger partial charge in [-0.25, -0.2) is 0 Å². The van der Waals surface area contributed by atoms with E-state index in [0.29, 0.717) is 5.75 Å². The van der Waals surface area contributed by atoms with Crippen LogP contribution < -0.4 is 13.8 Å². The second-order valence-electron chi connectivity index (χ2n) is 6.99. The predicted octanol–water partition coefficient (Wildman–Crippen LogP) is 6.17. The van der Waals surface area contributed by atoms with E-state index in [2.05, 4.69) is 13.8 Å². The van der Waals surface area contributed by atoms with E-state index in [4.69, 9.17) is 13.8 Å². The quantitative estimate of drug-likeness (QED) is 0.403. The number of hydrogen-bond acceptors (Lipinski definition) is 4. The first-order valence-corrected chi connectivity index (χ1v) is 10.2. The lowest BCUT2D eigenvalue weighted by molar-refractivity contribution is 0.414. The topological polar surface area (TPSA) is 47.9 Å². The molecule has 0 saturated heterocycles. The van der Waals surface area contributed by atoms with Crippen molar-refractivity contribution >= 4 is 8.38 Å². The summed E-state index contributed by atoms with van der Waals surface area (Å²) in [5.41, 5.74) is 2.89. The number of phenolic OH excluding ortho intramolecular Hbond substituents is 1. The maximum absolute atomic E-state index is 10.8. The number of hydrogen-bond donors (Lipinski definition) is 1.